The van der Waals surface area contributed by atoms with Crippen molar-refractivity contribution in [2.75, 3.05) is 48.0 Å². The number of carbonyl (C=O) groups is 2. The molecule has 7 heteroatoms. The molecule has 0 aromatic heterocycles. The van der Waals surface area contributed by atoms with Gasteiger partial charge in [-0.1, -0.05) is 17.7 Å². The van der Waals surface area contributed by atoms with Crippen molar-refractivity contribution in [2.45, 2.75) is 19.8 Å². The zero-order chi connectivity index (χ0) is 23.4. The molecule has 3 rings (SSSR count). The maximum absolute atomic E-state index is 13.2. The lowest BCUT2D eigenvalue weighted by atomic mass is 9.87. The Balaban J connectivity index is 2.00. The molecule has 32 heavy (non-hydrogen) atoms. The standard InChI is InChI=1S/C25H32N2O5/c1-7-26(3)25(29)20-15-27(24(28)17-10-8-16(2)9-11-17)14-19(20)18-12-21(30-4)23(32-6)22(13-18)31-5/h8-13,19-20H,7,14-15H2,1-6H3/t19-,20-/m1/s1. The fourth-order valence-corrected chi connectivity index (χ4v) is 4.19. The van der Waals surface area contributed by atoms with Crippen LogP contribution < -0.4 is 14.2 Å². The molecule has 1 heterocycles. The lowest BCUT2D eigenvalue weighted by Gasteiger charge is -2.24. The summed E-state index contributed by atoms with van der Waals surface area (Å²) in [5, 5.41) is 0. The fourth-order valence-electron chi connectivity index (χ4n) is 4.19. The van der Waals surface area contributed by atoms with Crippen LogP contribution in [-0.4, -0.2) is 69.6 Å². The van der Waals surface area contributed by atoms with Crippen LogP contribution in [0.3, 0.4) is 0 Å². The molecule has 2 atom stereocenters. The summed E-state index contributed by atoms with van der Waals surface area (Å²) in [6.07, 6.45) is 0. The van der Waals surface area contributed by atoms with Crippen LogP contribution in [0.4, 0.5) is 0 Å². The predicted octanol–water partition coefficient (Wildman–Crippen LogP) is 3.35. The third-order valence-corrected chi connectivity index (χ3v) is 6.19. The molecule has 1 fully saturated rings. The summed E-state index contributed by atoms with van der Waals surface area (Å²) in [5.74, 6) is 0.942. The highest BCUT2D eigenvalue weighted by atomic mass is 16.5. The highest BCUT2D eigenvalue weighted by molar-refractivity contribution is 5.95. The Bertz CT molecular complexity index is 948. The second kappa shape index (κ2) is 9.94. The average Bonchev–Trinajstić information content (AvgIpc) is 3.27. The van der Waals surface area contributed by atoms with E-state index in [1.807, 2.05) is 50.2 Å². The fraction of sp³-hybridized carbons (Fsp3) is 0.440. The summed E-state index contributed by atoms with van der Waals surface area (Å²) in [7, 11) is 6.48. The summed E-state index contributed by atoms with van der Waals surface area (Å²) in [5.41, 5.74) is 2.59. The molecule has 0 unspecified atom stereocenters. The monoisotopic (exact) mass is 440 g/mol. The maximum atomic E-state index is 13.2. The van der Waals surface area contributed by atoms with Gasteiger partial charge in [0.25, 0.3) is 5.91 Å². The van der Waals surface area contributed by atoms with Crippen molar-refractivity contribution in [2.24, 2.45) is 5.92 Å². The molecule has 2 amide bonds. The highest BCUT2D eigenvalue weighted by Gasteiger charge is 2.42. The van der Waals surface area contributed by atoms with Crippen molar-refractivity contribution in [3.05, 3.63) is 53.1 Å². The van der Waals surface area contributed by atoms with Gasteiger partial charge in [0.1, 0.15) is 0 Å². The molecule has 1 aliphatic heterocycles. The van der Waals surface area contributed by atoms with Crippen LogP contribution in [-0.2, 0) is 4.79 Å². The summed E-state index contributed by atoms with van der Waals surface area (Å²) in [4.78, 5) is 29.9. The van der Waals surface area contributed by atoms with E-state index in [1.165, 1.54) is 0 Å². The second-order valence-electron chi connectivity index (χ2n) is 8.10. The quantitative estimate of drug-likeness (QED) is 0.661. The van der Waals surface area contributed by atoms with Gasteiger partial charge in [-0.15, -0.1) is 0 Å². The van der Waals surface area contributed by atoms with Gasteiger partial charge in [-0.2, -0.15) is 0 Å². The number of likely N-dealkylation sites (tertiary alicyclic amines) is 1. The van der Waals surface area contributed by atoms with Crippen LogP contribution in [0.1, 0.15) is 34.3 Å². The summed E-state index contributed by atoms with van der Waals surface area (Å²) in [6, 6.07) is 11.3. The number of rotatable bonds is 7. The summed E-state index contributed by atoms with van der Waals surface area (Å²) in [6.45, 7) is 5.32. The van der Waals surface area contributed by atoms with Crippen LogP contribution in [0.15, 0.2) is 36.4 Å². The van der Waals surface area contributed by atoms with Crippen molar-refractivity contribution >= 4 is 11.8 Å². The molecule has 7 nitrogen and oxygen atoms in total. The first kappa shape index (κ1) is 23.4. The second-order valence-corrected chi connectivity index (χ2v) is 8.10. The van der Waals surface area contributed by atoms with Gasteiger partial charge in [0, 0.05) is 38.2 Å². The van der Waals surface area contributed by atoms with Crippen molar-refractivity contribution in [3.8, 4) is 17.2 Å². The number of amides is 2. The number of hydrogen-bond acceptors (Lipinski definition) is 5. The zero-order valence-electron chi connectivity index (χ0n) is 19.7. The molecular formula is C25H32N2O5. The molecule has 2 aromatic rings. The topological polar surface area (TPSA) is 68.3 Å². The van der Waals surface area contributed by atoms with Crippen molar-refractivity contribution in [1.29, 1.82) is 0 Å². The average molecular weight is 441 g/mol. The molecule has 0 N–H and O–H groups in total. The van der Waals surface area contributed by atoms with Crippen molar-refractivity contribution in [1.82, 2.24) is 9.80 Å². The van der Waals surface area contributed by atoms with E-state index in [1.54, 1.807) is 38.2 Å². The summed E-state index contributed by atoms with van der Waals surface area (Å²) >= 11 is 0. The number of ether oxygens (including phenoxy) is 3. The van der Waals surface area contributed by atoms with Gasteiger partial charge < -0.3 is 24.0 Å². The van der Waals surface area contributed by atoms with E-state index in [0.29, 0.717) is 42.4 Å². The Morgan fingerprint density at radius 3 is 2.09 bits per heavy atom. The first-order valence-corrected chi connectivity index (χ1v) is 10.7. The Morgan fingerprint density at radius 2 is 1.59 bits per heavy atom. The van der Waals surface area contributed by atoms with E-state index in [9.17, 15) is 9.59 Å². The number of aryl methyl sites for hydroxylation is 1. The first-order valence-electron chi connectivity index (χ1n) is 10.7. The molecule has 0 radical (unpaired) electrons. The number of methoxy groups -OCH3 is 3. The molecule has 0 aliphatic carbocycles. The van der Waals surface area contributed by atoms with Gasteiger partial charge >= 0.3 is 0 Å². The minimum Gasteiger partial charge on any atom is -0.493 e. The number of benzene rings is 2. The van der Waals surface area contributed by atoms with E-state index in [-0.39, 0.29) is 23.7 Å². The normalized spacial score (nSPS) is 17.8. The third-order valence-electron chi connectivity index (χ3n) is 6.19. The van der Waals surface area contributed by atoms with Gasteiger partial charge in [-0.3, -0.25) is 9.59 Å². The summed E-state index contributed by atoms with van der Waals surface area (Å²) < 4.78 is 16.5. The van der Waals surface area contributed by atoms with E-state index >= 15 is 0 Å². The first-order chi connectivity index (χ1) is 15.3. The molecule has 0 spiro atoms. The molecule has 1 saturated heterocycles. The molecule has 2 aromatic carbocycles. The highest BCUT2D eigenvalue weighted by Crippen LogP contribution is 2.43. The van der Waals surface area contributed by atoms with Crippen molar-refractivity contribution < 1.29 is 23.8 Å². The van der Waals surface area contributed by atoms with E-state index in [0.717, 1.165) is 11.1 Å². The Labute approximate surface area is 189 Å². The molecule has 1 aliphatic rings. The van der Waals surface area contributed by atoms with Gasteiger partial charge in [-0.25, -0.2) is 0 Å². The third kappa shape index (κ3) is 4.52. The lowest BCUT2D eigenvalue weighted by molar-refractivity contribution is -0.133. The van der Waals surface area contributed by atoms with E-state index in [2.05, 4.69) is 0 Å². The molecule has 0 bridgehead atoms. The largest absolute Gasteiger partial charge is 0.493 e. The molecule has 0 saturated carbocycles. The van der Waals surface area contributed by atoms with Gasteiger partial charge in [-0.05, 0) is 43.7 Å². The Morgan fingerprint density at radius 1 is 1.00 bits per heavy atom. The maximum Gasteiger partial charge on any atom is 0.253 e. The Kier molecular flexibility index (Phi) is 7.28. The smallest absolute Gasteiger partial charge is 0.253 e. The van der Waals surface area contributed by atoms with E-state index in [4.69, 9.17) is 14.2 Å². The van der Waals surface area contributed by atoms with Crippen molar-refractivity contribution in [3.63, 3.8) is 0 Å². The minimum atomic E-state index is -0.364. The SMILES string of the molecule is CCN(C)C(=O)[C@@H]1CN(C(=O)c2ccc(C)cc2)C[C@@H]1c1cc(OC)c(OC)c(OC)c1. The zero-order valence-corrected chi connectivity index (χ0v) is 19.7. The Hall–Kier alpha value is -3.22. The van der Waals surface area contributed by atoms with Gasteiger partial charge in [0.15, 0.2) is 11.5 Å². The van der Waals surface area contributed by atoms with Crippen LogP contribution in [0.25, 0.3) is 0 Å². The van der Waals surface area contributed by atoms with Crippen LogP contribution in [0.5, 0.6) is 17.2 Å². The van der Waals surface area contributed by atoms with E-state index < -0.39 is 0 Å². The predicted molar refractivity (Wildman–Crippen MR) is 123 cm³/mol. The van der Waals surface area contributed by atoms with Crippen LogP contribution in [0.2, 0.25) is 0 Å². The number of hydrogen-bond donors (Lipinski definition) is 0. The lowest BCUT2D eigenvalue weighted by Crippen LogP contribution is -2.36. The van der Waals surface area contributed by atoms with Gasteiger partial charge in [0.2, 0.25) is 11.7 Å². The van der Waals surface area contributed by atoms with Crippen LogP contribution >= 0.6 is 0 Å². The van der Waals surface area contributed by atoms with Crippen LogP contribution in [0, 0.1) is 12.8 Å². The minimum absolute atomic E-state index is 0.0189. The molecule has 172 valence electrons. The number of carbonyl (C=O) groups excluding carboxylic acids is 2. The molecular weight excluding hydrogens is 408 g/mol. The number of nitrogens with zero attached hydrogens (tertiary/aromatic N) is 2. The van der Waals surface area contributed by atoms with Gasteiger partial charge in [0.05, 0.1) is 27.2 Å².